The van der Waals surface area contributed by atoms with Crippen LogP contribution in [0.15, 0.2) is 34.7 Å². The first-order chi connectivity index (χ1) is 13.9. The fourth-order valence-corrected chi connectivity index (χ4v) is 5.25. The molecule has 4 rings (SSSR count). The van der Waals surface area contributed by atoms with Crippen LogP contribution in [0.4, 0.5) is 0 Å². The second-order valence-corrected chi connectivity index (χ2v) is 9.09. The van der Waals surface area contributed by atoms with E-state index in [1.54, 1.807) is 0 Å². The topological polar surface area (TPSA) is 55.2 Å². The van der Waals surface area contributed by atoms with E-state index in [2.05, 4.69) is 44.8 Å². The molecule has 1 aliphatic heterocycles. The molecule has 3 heterocycles. The second-order valence-electron chi connectivity index (χ2n) is 8.24. The highest BCUT2D eigenvalue weighted by Crippen LogP contribution is 2.31. The zero-order valence-corrected chi connectivity index (χ0v) is 18.3. The quantitative estimate of drug-likeness (QED) is 0.639. The van der Waals surface area contributed by atoms with Gasteiger partial charge in [-0.1, -0.05) is 18.2 Å². The van der Waals surface area contributed by atoms with Gasteiger partial charge >= 0.3 is 0 Å². The smallest absolute Gasteiger partial charge is 0.263 e. The monoisotopic (exact) mass is 409 g/mol. The van der Waals surface area contributed by atoms with Crippen molar-refractivity contribution in [3.63, 3.8) is 0 Å². The molecule has 1 amide bonds. The normalized spacial score (nSPS) is 19.7. The van der Waals surface area contributed by atoms with Gasteiger partial charge in [0.05, 0.1) is 11.7 Å². The van der Waals surface area contributed by atoms with E-state index in [-0.39, 0.29) is 30.1 Å². The van der Waals surface area contributed by atoms with Gasteiger partial charge < -0.3 is 4.90 Å². The molecule has 1 aromatic carbocycles. The molecule has 0 N–H and O–H groups in total. The summed E-state index contributed by atoms with van der Waals surface area (Å²) >= 11 is 1.47. The number of aromatic nitrogens is 2. The Bertz CT molecular complexity index is 1120. The number of benzene rings is 1. The van der Waals surface area contributed by atoms with E-state index in [0.29, 0.717) is 10.2 Å². The van der Waals surface area contributed by atoms with E-state index in [9.17, 15) is 9.59 Å². The van der Waals surface area contributed by atoms with Crippen LogP contribution in [-0.2, 0) is 11.3 Å². The Morgan fingerprint density at radius 1 is 1.17 bits per heavy atom. The van der Waals surface area contributed by atoms with Crippen LogP contribution < -0.4 is 5.56 Å². The van der Waals surface area contributed by atoms with Gasteiger partial charge in [0.2, 0.25) is 5.91 Å². The summed E-state index contributed by atoms with van der Waals surface area (Å²) in [7, 11) is 0. The van der Waals surface area contributed by atoms with E-state index < -0.39 is 0 Å². The molecule has 0 unspecified atom stereocenters. The van der Waals surface area contributed by atoms with Crippen LogP contribution >= 0.6 is 11.3 Å². The number of carbonyl (C=O) groups is 1. The number of likely N-dealkylation sites (tertiary alicyclic amines) is 1. The van der Waals surface area contributed by atoms with Gasteiger partial charge in [0.25, 0.3) is 5.56 Å². The standard InChI is InChI=1S/C23H27N3O2S/c1-14-8-9-18(10-15(14)2)19-12-29-22-21(19)23(28)25(13-24-22)11-20(27)26-16(3)6-5-7-17(26)4/h8-10,12-13,16-17H,5-7,11H2,1-4H3/t16-,17-/m0/s1. The minimum atomic E-state index is -0.143. The van der Waals surface area contributed by atoms with E-state index in [1.165, 1.54) is 33.4 Å². The molecule has 0 aliphatic carbocycles. The van der Waals surface area contributed by atoms with Gasteiger partial charge in [-0.25, -0.2) is 4.98 Å². The molecule has 2 atom stereocenters. The molecular weight excluding hydrogens is 382 g/mol. The van der Waals surface area contributed by atoms with Crippen molar-refractivity contribution < 1.29 is 4.79 Å². The Hall–Kier alpha value is -2.47. The molecular formula is C23H27N3O2S. The molecule has 5 nitrogen and oxygen atoms in total. The first-order valence-corrected chi connectivity index (χ1v) is 11.1. The summed E-state index contributed by atoms with van der Waals surface area (Å²) in [6.07, 6.45) is 4.70. The van der Waals surface area contributed by atoms with Crippen LogP contribution in [0.1, 0.15) is 44.2 Å². The number of nitrogens with zero attached hydrogens (tertiary/aromatic N) is 3. The average Bonchev–Trinajstić information content (AvgIpc) is 3.11. The Kier molecular flexibility index (Phi) is 5.30. The van der Waals surface area contributed by atoms with Gasteiger partial charge in [0.1, 0.15) is 11.4 Å². The van der Waals surface area contributed by atoms with Crippen molar-refractivity contribution in [2.45, 2.75) is 65.6 Å². The lowest BCUT2D eigenvalue weighted by molar-refractivity contribution is -0.138. The Morgan fingerprint density at radius 2 is 1.90 bits per heavy atom. The fraction of sp³-hybridized carbons (Fsp3) is 0.435. The van der Waals surface area contributed by atoms with Gasteiger partial charge in [-0.15, -0.1) is 11.3 Å². The minimum Gasteiger partial charge on any atom is -0.336 e. The zero-order chi connectivity index (χ0) is 20.7. The number of aryl methyl sites for hydroxylation is 2. The van der Waals surface area contributed by atoms with Crippen molar-refractivity contribution in [1.82, 2.24) is 14.5 Å². The van der Waals surface area contributed by atoms with Crippen LogP contribution in [0.5, 0.6) is 0 Å². The highest BCUT2D eigenvalue weighted by atomic mass is 32.1. The lowest BCUT2D eigenvalue weighted by atomic mass is 9.97. The maximum absolute atomic E-state index is 13.3. The molecule has 0 saturated carbocycles. The number of hydrogen-bond donors (Lipinski definition) is 0. The van der Waals surface area contributed by atoms with Gasteiger partial charge in [0, 0.05) is 23.0 Å². The van der Waals surface area contributed by atoms with Gasteiger partial charge in [-0.05, 0) is 63.6 Å². The Morgan fingerprint density at radius 3 is 2.59 bits per heavy atom. The fourth-order valence-electron chi connectivity index (χ4n) is 4.34. The molecule has 2 aromatic heterocycles. The highest BCUT2D eigenvalue weighted by Gasteiger charge is 2.29. The lowest BCUT2D eigenvalue weighted by Gasteiger charge is -2.39. The molecule has 0 bridgehead atoms. The molecule has 1 fully saturated rings. The van der Waals surface area contributed by atoms with Crippen molar-refractivity contribution in [2.24, 2.45) is 0 Å². The second kappa shape index (κ2) is 7.75. The first-order valence-electron chi connectivity index (χ1n) is 10.2. The molecule has 1 saturated heterocycles. The largest absolute Gasteiger partial charge is 0.336 e. The van der Waals surface area contributed by atoms with E-state index in [4.69, 9.17) is 0 Å². The van der Waals surface area contributed by atoms with Gasteiger partial charge in [0.15, 0.2) is 0 Å². The summed E-state index contributed by atoms with van der Waals surface area (Å²) in [4.78, 5) is 33.4. The highest BCUT2D eigenvalue weighted by molar-refractivity contribution is 7.17. The van der Waals surface area contributed by atoms with Gasteiger partial charge in [-0.2, -0.15) is 0 Å². The summed E-state index contributed by atoms with van der Waals surface area (Å²) in [6.45, 7) is 8.37. The van der Waals surface area contributed by atoms with Crippen molar-refractivity contribution in [3.8, 4) is 11.1 Å². The predicted octanol–water partition coefficient (Wildman–Crippen LogP) is 4.53. The average molecular weight is 410 g/mol. The van der Waals surface area contributed by atoms with E-state index in [1.807, 2.05) is 16.3 Å². The van der Waals surface area contributed by atoms with Crippen molar-refractivity contribution >= 4 is 27.5 Å². The Balaban J connectivity index is 1.71. The first kappa shape index (κ1) is 19.8. The SMILES string of the molecule is Cc1ccc(-c2csc3ncn(CC(=O)N4[C@@H](C)CCC[C@@H]4C)c(=O)c23)cc1C. The van der Waals surface area contributed by atoms with Crippen LogP contribution in [0.2, 0.25) is 0 Å². The molecule has 152 valence electrons. The van der Waals surface area contributed by atoms with E-state index in [0.717, 1.165) is 30.4 Å². The number of rotatable bonds is 3. The number of hydrogen-bond acceptors (Lipinski definition) is 4. The van der Waals surface area contributed by atoms with Crippen molar-refractivity contribution in [1.29, 1.82) is 0 Å². The summed E-state index contributed by atoms with van der Waals surface area (Å²) in [5, 5.41) is 2.60. The third-order valence-electron chi connectivity index (χ3n) is 6.17. The maximum atomic E-state index is 13.3. The van der Waals surface area contributed by atoms with Crippen LogP contribution in [0, 0.1) is 13.8 Å². The molecule has 29 heavy (non-hydrogen) atoms. The van der Waals surface area contributed by atoms with Crippen LogP contribution in [-0.4, -0.2) is 32.4 Å². The van der Waals surface area contributed by atoms with E-state index >= 15 is 0 Å². The molecule has 3 aromatic rings. The summed E-state index contributed by atoms with van der Waals surface area (Å²) in [5.41, 5.74) is 4.18. The van der Waals surface area contributed by atoms with Crippen molar-refractivity contribution in [3.05, 3.63) is 51.4 Å². The third kappa shape index (κ3) is 3.62. The Labute approximate surface area is 175 Å². The predicted molar refractivity (Wildman–Crippen MR) is 118 cm³/mol. The summed E-state index contributed by atoms with van der Waals surface area (Å²) < 4.78 is 1.47. The summed E-state index contributed by atoms with van der Waals surface area (Å²) in [5.74, 6) is -0.00379. The molecule has 0 spiro atoms. The van der Waals surface area contributed by atoms with Crippen molar-refractivity contribution in [2.75, 3.05) is 0 Å². The number of carbonyl (C=O) groups excluding carboxylic acids is 1. The zero-order valence-electron chi connectivity index (χ0n) is 17.4. The lowest BCUT2D eigenvalue weighted by Crippen LogP contribution is -2.49. The molecule has 0 radical (unpaired) electrons. The van der Waals surface area contributed by atoms with Crippen LogP contribution in [0.3, 0.4) is 0 Å². The minimum absolute atomic E-state index is 0.00379. The molecule has 6 heteroatoms. The number of fused-ring (bicyclic) bond motifs is 1. The number of piperidine rings is 1. The maximum Gasteiger partial charge on any atom is 0.263 e. The van der Waals surface area contributed by atoms with Gasteiger partial charge in [-0.3, -0.25) is 14.2 Å². The van der Waals surface area contributed by atoms with Crippen LogP contribution in [0.25, 0.3) is 21.3 Å². The number of thiophene rings is 1. The third-order valence-corrected chi connectivity index (χ3v) is 7.05. The summed E-state index contributed by atoms with van der Waals surface area (Å²) in [6, 6.07) is 6.65. The molecule has 1 aliphatic rings. The number of amides is 1.